The number of ether oxygens (including phenoxy) is 1. The van der Waals surface area contributed by atoms with Crippen molar-refractivity contribution in [3.05, 3.63) is 58.1 Å². The molecule has 0 aliphatic carbocycles. The number of rotatable bonds is 7. The Hall–Kier alpha value is -2.50. The molecule has 2 fully saturated rings. The molecule has 2 aromatic rings. The Morgan fingerprint density at radius 2 is 1.80 bits per heavy atom. The molecule has 2 aromatic carbocycles. The van der Waals surface area contributed by atoms with Gasteiger partial charge in [0.1, 0.15) is 12.4 Å². The van der Waals surface area contributed by atoms with E-state index in [1.165, 1.54) is 12.8 Å². The molecule has 1 atom stereocenters. The molecule has 9 heteroatoms. The van der Waals surface area contributed by atoms with Gasteiger partial charge < -0.3 is 15.0 Å². The monoisotopic (exact) mass is 515 g/mol. The second-order valence-electron chi connectivity index (χ2n) is 9.14. The van der Waals surface area contributed by atoms with Crippen LogP contribution >= 0.6 is 23.2 Å². The van der Waals surface area contributed by atoms with E-state index in [4.69, 9.17) is 33.2 Å². The van der Waals surface area contributed by atoms with Gasteiger partial charge in [-0.1, -0.05) is 23.2 Å². The van der Waals surface area contributed by atoms with Crippen molar-refractivity contribution in [3.8, 4) is 11.8 Å². The number of piperidine rings is 1. The molecular weight excluding hydrogens is 485 g/mol. The molecule has 4 rings (SSSR count). The number of halogens is 2. The SMILES string of the molecule is N#Cc1ccc(OCCN2CCC[C@@H](CN3CCN(C(=O)Nc4ccc(Cl)c(Cl)c4)CC3)C2)cc1. The van der Waals surface area contributed by atoms with Crippen LogP contribution in [0.2, 0.25) is 10.0 Å². The fourth-order valence-corrected chi connectivity index (χ4v) is 4.99. The van der Waals surface area contributed by atoms with Crippen molar-refractivity contribution in [1.29, 1.82) is 5.26 Å². The van der Waals surface area contributed by atoms with E-state index in [0.29, 0.717) is 46.9 Å². The molecular formula is C26H31Cl2N5O2. The van der Waals surface area contributed by atoms with Gasteiger partial charge in [0, 0.05) is 51.5 Å². The van der Waals surface area contributed by atoms with Crippen LogP contribution in [0.4, 0.5) is 10.5 Å². The highest BCUT2D eigenvalue weighted by molar-refractivity contribution is 6.42. The van der Waals surface area contributed by atoms with Crippen molar-refractivity contribution in [2.45, 2.75) is 12.8 Å². The minimum atomic E-state index is -0.103. The molecule has 2 aliphatic heterocycles. The Kier molecular flexibility index (Phi) is 9.11. The number of nitrogens with zero attached hydrogens (tertiary/aromatic N) is 4. The average Bonchev–Trinajstić information content (AvgIpc) is 2.87. The first kappa shape index (κ1) is 25.6. The summed E-state index contributed by atoms with van der Waals surface area (Å²) in [5.74, 6) is 1.44. The molecule has 2 saturated heterocycles. The summed E-state index contributed by atoms with van der Waals surface area (Å²) in [6.45, 7) is 7.98. The number of likely N-dealkylation sites (tertiary alicyclic amines) is 1. The number of piperazine rings is 1. The van der Waals surface area contributed by atoms with Crippen LogP contribution < -0.4 is 10.1 Å². The van der Waals surface area contributed by atoms with Crippen LogP contribution in [0.3, 0.4) is 0 Å². The number of hydrogen-bond acceptors (Lipinski definition) is 5. The zero-order chi connectivity index (χ0) is 24.6. The molecule has 35 heavy (non-hydrogen) atoms. The van der Waals surface area contributed by atoms with Crippen LogP contribution in [-0.2, 0) is 0 Å². The van der Waals surface area contributed by atoms with E-state index in [1.807, 2.05) is 17.0 Å². The lowest BCUT2D eigenvalue weighted by Crippen LogP contribution is -2.52. The maximum absolute atomic E-state index is 12.6. The van der Waals surface area contributed by atoms with E-state index in [1.54, 1.807) is 30.3 Å². The summed E-state index contributed by atoms with van der Waals surface area (Å²) in [6.07, 6.45) is 2.44. The van der Waals surface area contributed by atoms with Gasteiger partial charge in [-0.05, 0) is 67.8 Å². The maximum atomic E-state index is 12.6. The number of carbonyl (C=O) groups excluding carboxylic acids is 1. The smallest absolute Gasteiger partial charge is 0.321 e. The fraction of sp³-hybridized carbons (Fsp3) is 0.462. The highest BCUT2D eigenvalue weighted by Crippen LogP contribution is 2.25. The maximum Gasteiger partial charge on any atom is 0.321 e. The summed E-state index contributed by atoms with van der Waals surface area (Å²) in [4.78, 5) is 19.4. The van der Waals surface area contributed by atoms with E-state index >= 15 is 0 Å². The second kappa shape index (κ2) is 12.5. The second-order valence-corrected chi connectivity index (χ2v) is 9.95. The number of carbonyl (C=O) groups is 1. The van der Waals surface area contributed by atoms with Gasteiger partial charge in [-0.25, -0.2) is 4.79 Å². The Balaban J connectivity index is 1.15. The Labute approximate surface area is 217 Å². The largest absolute Gasteiger partial charge is 0.492 e. The summed E-state index contributed by atoms with van der Waals surface area (Å²) in [5, 5.41) is 12.7. The van der Waals surface area contributed by atoms with Crippen LogP contribution in [0, 0.1) is 17.2 Å². The van der Waals surface area contributed by atoms with E-state index in [-0.39, 0.29) is 6.03 Å². The van der Waals surface area contributed by atoms with Crippen molar-refractivity contribution in [3.63, 3.8) is 0 Å². The van der Waals surface area contributed by atoms with Gasteiger partial charge in [-0.2, -0.15) is 5.26 Å². The van der Waals surface area contributed by atoms with Gasteiger partial charge in [-0.15, -0.1) is 0 Å². The number of benzene rings is 2. The molecule has 0 unspecified atom stereocenters. The average molecular weight is 516 g/mol. The quantitative estimate of drug-likeness (QED) is 0.572. The number of urea groups is 1. The van der Waals surface area contributed by atoms with Gasteiger partial charge in [0.05, 0.1) is 21.7 Å². The summed E-state index contributed by atoms with van der Waals surface area (Å²) < 4.78 is 5.86. The highest BCUT2D eigenvalue weighted by atomic mass is 35.5. The Morgan fingerprint density at radius 1 is 1.03 bits per heavy atom. The van der Waals surface area contributed by atoms with E-state index in [2.05, 4.69) is 21.2 Å². The van der Waals surface area contributed by atoms with Gasteiger partial charge >= 0.3 is 6.03 Å². The number of hydrogen-bond donors (Lipinski definition) is 1. The van der Waals surface area contributed by atoms with Crippen LogP contribution in [-0.4, -0.2) is 79.7 Å². The van der Waals surface area contributed by atoms with E-state index in [9.17, 15) is 4.79 Å². The topological polar surface area (TPSA) is 71.8 Å². The first-order chi connectivity index (χ1) is 17.0. The molecule has 2 aliphatic rings. The van der Waals surface area contributed by atoms with Crippen molar-refractivity contribution in [2.75, 3.05) is 64.3 Å². The summed E-state index contributed by atoms with van der Waals surface area (Å²) in [5.41, 5.74) is 1.29. The van der Waals surface area contributed by atoms with Crippen molar-refractivity contribution >= 4 is 34.9 Å². The molecule has 7 nitrogen and oxygen atoms in total. The molecule has 2 amide bonds. The third kappa shape index (κ3) is 7.49. The number of nitriles is 1. The minimum Gasteiger partial charge on any atom is -0.492 e. The standard InChI is InChI=1S/C26H31Cl2N5O2/c27-24-8-5-22(16-25(24)28)30-26(34)33-12-10-32(11-13-33)19-21-2-1-9-31(18-21)14-15-35-23-6-3-20(17-29)4-7-23/h3-8,16,21H,1-2,9-15,18-19H2,(H,30,34)/t21-/m1/s1. The lowest BCUT2D eigenvalue weighted by molar-refractivity contribution is 0.0945. The molecule has 0 bridgehead atoms. The predicted octanol–water partition coefficient (Wildman–Crippen LogP) is 4.81. The van der Waals surface area contributed by atoms with E-state index in [0.717, 1.165) is 45.0 Å². The van der Waals surface area contributed by atoms with Gasteiger partial charge in [-0.3, -0.25) is 9.80 Å². The van der Waals surface area contributed by atoms with Crippen molar-refractivity contribution in [2.24, 2.45) is 5.92 Å². The molecule has 0 aromatic heterocycles. The third-order valence-electron chi connectivity index (χ3n) is 6.61. The zero-order valence-electron chi connectivity index (χ0n) is 19.8. The Bertz CT molecular complexity index is 1040. The summed E-state index contributed by atoms with van der Waals surface area (Å²) in [7, 11) is 0. The predicted molar refractivity (Wildman–Crippen MR) is 139 cm³/mol. The molecule has 186 valence electrons. The fourth-order valence-electron chi connectivity index (χ4n) is 4.70. The third-order valence-corrected chi connectivity index (χ3v) is 7.35. The molecule has 2 heterocycles. The van der Waals surface area contributed by atoms with Crippen LogP contribution in [0.1, 0.15) is 18.4 Å². The van der Waals surface area contributed by atoms with Gasteiger partial charge in [0.2, 0.25) is 0 Å². The molecule has 0 radical (unpaired) electrons. The van der Waals surface area contributed by atoms with Crippen molar-refractivity contribution < 1.29 is 9.53 Å². The minimum absolute atomic E-state index is 0.103. The summed E-state index contributed by atoms with van der Waals surface area (Å²) >= 11 is 12.0. The Morgan fingerprint density at radius 3 is 2.51 bits per heavy atom. The lowest BCUT2D eigenvalue weighted by Gasteiger charge is -2.39. The number of nitrogens with one attached hydrogen (secondary N) is 1. The number of anilines is 1. The first-order valence-electron chi connectivity index (χ1n) is 12.1. The molecule has 0 spiro atoms. The first-order valence-corrected chi connectivity index (χ1v) is 12.8. The van der Waals surface area contributed by atoms with Crippen LogP contribution in [0.25, 0.3) is 0 Å². The van der Waals surface area contributed by atoms with Crippen molar-refractivity contribution in [1.82, 2.24) is 14.7 Å². The molecule has 0 saturated carbocycles. The number of amides is 2. The van der Waals surface area contributed by atoms with Gasteiger partial charge in [0.15, 0.2) is 0 Å². The van der Waals surface area contributed by atoms with Crippen LogP contribution in [0.15, 0.2) is 42.5 Å². The highest BCUT2D eigenvalue weighted by Gasteiger charge is 2.26. The molecule has 1 N–H and O–H groups in total. The summed E-state index contributed by atoms with van der Waals surface area (Å²) in [6, 6.07) is 14.4. The lowest BCUT2D eigenvalue weighted by atomic mass is 9.97. The zero-order valence-corrected chi connectivity index (χ0v) is 21.3. The van der Waals surface area contributed by atoms with Gasteiger partial charge in [0.25, 0.3) is 0 Å². The van der Waals surface area contributed by atoms with E-state index < -0.39 is 0 Å². The van der Waals surface area contributed by atoms with Crippen LogP contribution in [0.5, 0.6) is 5.75 Å². The normalized spacial score (nSPS) is 19.2.